The molecule has 0 aromatic heterocycles. The van der Waals surface area contributed by atoms with Crippen molar-refractivity contribution >= 4 is 5.91 Å². The van der Waals surface area contributed by atoms with E-state index in [2.05, 4.69) is 11.8 Å². The quantitative estimate of drug-likeness (QED) is 0.303. The first-order chi connectivity index (χ1) is 5.95. The van der Waals surface area contributed by atoms with Gasteiger partial charge < -0.3 is 0 Å². The van der Waals surface area contributed by atoms with E-state index >= 15 is 0 Å². The Bertz CT molecular complexity index is 217. The summed E-state index contributed by atoms with van der Waals surface area (Å²) in [5.41, 5.74) is 1.61. The van der Waals surface area contributed by atoms with Crippen molar-refractivity contribution in [3.63, 3.8) is 0 Å². The minimum Gasteiger partial charge on any atom is -0.289 e. The largest absolute Gasteiger partial charge is 0.289 e. The number of nitrogens with one attached hydrogen (secondary N) is 1. The Labute approximate surface area is 79.5 Å². The molecule has 0 saturated carbocycles. The standard InChI is InChI=1S/C10H17NO2/c1-10(2,3)8-6-4-5-7-9(12)11-13/h13H,4-5,7H2,1-3H3,(H,11,12). The highest BCUT2D eigenvalue weighted by molar-refractivity contribution is 5.74. The molecule has 0 heterocycles. The average Bonchev–Trinajstić information content (AvgIpc) is 2.01. The zero-order valence-electron chi connectivity index (χ0n) is 8.48. The second kappa shape index (κ2) is 5.60. The minimum absolute atomic E-state index is 0.0270. The van der Waals surface area contributed by atoms with Crippen LogP contribution in [-0.4, -0.2) is 11.1 Å². The number of hydrogen-bond donors (Lipinski definition) is 2. The second-order valence-corrected chi connectivity index (χ2v) is 3.94. The molecule has 1 amide bonds. The van der Waals surface area contributed by atoms with Gasteiger partial charge in [-0.25, -0.2) is 5.48 Å². The third-order valence-corrected chi connectivity index (χ3v) is 1.29. The third kappa shape index (κ3) is 8.90. The molecule has 0 saturated heterocycles. The van der Waals surface area contributed by atoms with Gasteiger partial charge in [0.1, 0.15) is 0 Å². The van der Waals surface area contributed by atoms with Crippen LogP contribution in [-0.2, 0) is 4.79 Å². The highest BCUT2D eigenvalue weighted by atomic mass is 16.5. The lowest BCUT2D eigenvalue weighted by Crippen LogP contribution is -2.17. The normalized spacial score (nSPS) is 10.2. The molecule has 3 nitrogen and oxygen atoms in total. The molecule has 0 bridgehead atoms. The van der Waals surface area contributed by atoms with Gasteiger partial charge >= 0.3 is 0 Å². The van der Waals surface area contributed by atoms with Gasteiger partial charge in [-0.3, -0.25) is 10.0 Å². The summed E-state index contributed by atoms with van der Waals surface area (Å²) >= 11 is 0. The molecule has 0 fully saturated rings. The Morgan fingerprint density at radius 1 is 1.46 bits per heavy atom. The molecule has 74 valence electrons. The predicted molar refractivity (Wildman–Crippen MR) is 51.0 cm³/mol. The van der Waals surface area contributed by atoms with Gasteiger partial charge in [0, 0.05) is 18.3 Å². The van der Waals surface area contributed by atoms with Crippen molar-refractivity contribution in [2.45, 2.75) is 40.0 Å². The molecular formula is C10H17NO2. The van der Waals surface area contributed by atoms with Crippen LogP contribution in [0.3, 0.4) is 0 Å². The molecule has 0 radical (unpaired) electrons. The fourth-order valence-electron chi connectivity index (χ4n) is 0.721. The zero-order chi connectivity index (χ0) is 10.3. The number of hydrogen-bond acceptors (Lipinski definition) is 2. The first-order valence-corrected chi connectivity index (χ1v) is 4.38. The van der Waals surface area contributed by atoms with E-state index in [9.17, 15) is 4.79 Å². The van der Waals surface area contributed by atoms with Gasteiger partial charge in [-0.15, -0.1) is 5.92 Å². The molecule has 13 heavy (non-hydrogen) atoms. The van der Waals surface area contributed by atoms with Crippen molar-refractivity contribution in [1.82, 2.24) is 5.48 Å². The molecule has 0 spiro atoms. The molecule has 2 N–H and O–H groups in total. The Balaban J connectivity index is 3.55. The SMILES string of the molecule is CC(C)(C)C#CCCCC(=O)NO. The molecule has 0 rings (SSSR count). The fourth-order valence-corrected chi connectivity index (χ4v) is 0.721. The third-order valence-electron chi connectivity index (χ3n) is 1.29. The summed E-state index contributed by atoms with van der Waals surface area (Å²) < 4.78 is 0. The lowest BCUT2D eigenvalue weighted by molar-refractivity contribution is -0.129. The summed E-state index contributed by atoms with van der Waals surface area (Å²) in [5, 5.41) is 8.18. The van der Waals surface area contributed by atoms with Crippen molar-refractivity contribution in [2.75, 3.05) is 0 Å². The van der Waals surface area contributed by atoms with Crippen LogP contribution < -0.4 is 5.48 Å². The number of rotatable bonds is 3. The van der Waals surface area contributed by atoms with Crippen LogP contribution in [0.5, 0.6) is 0 Å². The Morgan fingerprint density at radius 2 is 2.08 bits per heavy atom. The number of unbranched alkanes of at least 4 members (excludes halogenated alkanes) is 1. The van der Waals surface area contributed by atoms with Crippen LogP contribution in [0.15, 0.2) is 0 Å². The second-order valence-electron chi connectivity index (χ2n) is 3.94. The van der Waals surface area contributed by atoms with E-state index in [0.29, 0.717) is 19.3 Å². The van der Waals surface area contributed by atoms with E-state index < -0.39 is 0 Å². The summed E-state index contributed by atoms with van der Waals surface area (Å²) in [7, 11) is 0. The maximum atomic E-state index is 10.6. The highest BCUT2D eigenvalue weighted by Crippen LogP contribution is 2.10. The molecule has 0 aliphatic heterocycles. The van der Waals surface area contributed by atoms with Gasteiger partial charge in [0.15, 0.2) is 0 Å². The number of carbonyl (C=O) groups excluding carboxylic acids is 1. The van der Waals surface area contributed by atoms with Gasteiger partial charge in [-0.2, -0.15) is 0 Å². The summed E-state index contributed by atoms with van der Waals surface area (Å²) in [4.78, 5) is 10.6. The molecule has 0 atom stereocenters. The average molecular weight is 183 g/mol. The number of carbonyl (C=O) groups is 1. The summed E-state index contributed by atoms with van der Waals surface area (Å²) in [5.74, 6) is 5.71. The van der Waals surface area contributed by atoms with Crippen LogP contribution in [0.25, 0.3) is 0 Å². The van der Waals surface area contributed by atoms with Crippen LogP contribution in [0.2, 0.25) is 0 Å². The van der Waals surface area contributed by atoms with Crippen LogP contribution in [0.4, 0.5) is 0 Å². The molecule has 0 aliphatic rings. The lowest BCUT2D eigenvalue weighted by Gasteiger charge is -2.06. The predicted octanol–water partition coefficient (Wildman–Crippen LogP) is 1.71. The monoisotopic (exact) mass is 183 g/mol. The van der Waals surface area contributed by atoms with Crippen molar-refractivity contribution in [2.24, 2.45) is 5.41 Å². The molecule has 0 aromatic carbocycles. The first kappa shape index (κ1) is 12.0. The number of hydroxylamine groups is 1. The zero-order valence-corrected chi connectivity index (χ0v) is 8.48. The summed E-state index contributed by atoms with van der Waals surface area (Å²) in [6.45, 7) is 6.13. The summed E-state index contributed by atoms with van der Waals surface area (Å²) in [6.07, 6.45) is 1.72. The van der Waals surface area contributed by atoms with Gasteiger partial charge in [0.2, 0.25) is 5.91 Å². The lowest BCUT2D eigenvalue weighted by atomic mass is 9.98. The molecule has 0 unspecified atom stereocenters. The highest BCUT2D eigenvalue weighted by Gasteiger charge is 2.02. The van der Waals surface area contributed by atoms with Gasteiger partial charge in [0.25, 0.3) is 0 Å². The molecule has 3 heteroatoms. The number of amides is 1. The van der Waals surface area contributed by atoms with E-state index in [1.54, 1.807) is 5.48 Å². The van der Waals surface area contributed by atoms with E-state index in [1.165, 1.54) is 0 Å². The maximum absolute atomic E-state index is 10.6. The van der Waals surface area contributed by atoms with Crippen LogP contribution >= 0.6 is 0 Å². The Hall–Kier alpha value is -1.01. The smallest absolute Gasteiger partial charge is 0.243 e. The van der Waals surface area contributed by atoms with Crippen molar-refractivity contribution < 1.29 is 10.0 Å². The molecular weight excluding hydrogens is 166 g/mol. The maximum Gasteiger partial charge on any atom is 0.243 e. The molecule has 0 aromatic rings. The van der Waals surface area contributed by atoms with Crippen molar-refractivity contribution in [3.05, 3.63) is 0 Å². The molecule has 0 aliphatic carbocycles. The Morgan fingerprint density at radius 3 is 2.54 bits per heavy atom. The van der Waals surface area contributed by atoms with Gasteiger partial charge in [-0.1, -0.05) is 5.92 Å². The van der Waals surface area contributed by atoms with E-state index in [4.69, 9.17) is 5.21 Å². The van der Waals surface area contributed by atoms with Crippen molar-refractivity contribution in [3.8, 4) is 11.8 Å². The first-order valence-electron chi connectivity index (χ1n) is 4.38. The van der Waals surface area contributed by atoms with Gasteiger partial charge in [-0.05, 0) is 27.2 Å². The summed E-state index contributed by atoms with van der Waals surface area (Å²) in [6, 6.07) is 0. The van der Waals surface area contributed by atoms with Crippen molar-refractivity contribution in [1.29, 1.82) is 0 Å². The van der Waals surface area contributed by atoms with E-state index in [0.717, 1.165) is 0 Å². The van der Waals surface area contributed by atoms with Gasteiger partial charge in [0.05, 0.1) is 0 Å². The van der Waals surface area contributed by atoms with Crippen LogP contribution in [0, 0.1) is 17.3 Å². The van der Waals surface area contributed by atoms with E-state index in [-0.39, 0.29) is 11.3 Å². The minimum atomic E-state index is -0.349. The van der Waals surface area contributed by atoms with E-state index in [1.807, 2.05) is 20.8 Å². The Kier molecular flexibility index (Phi) is 5.17. The topological polar surface area (TPSA) is 49.3 Å². The fraction of sp³-hybridized carbons (Fsp3) is 0.700. The van der Waals surface area contributed by atoms with Crippen LogP contribution in [0.1, 0.15) is 40.0 Å².